The van der Waals surface area contributed by atoms with Gasteiger partial charge in [0.05, 0.1) is 5.69 Å². The molecule has 1 aromatic rings. The second-order valence-corrected chi connectivity index (χ2v) is 6.91. The Labute approximate surface area is 137 Å². The maximum atomic E-state index is 13.6. The van der Waals surface area contributed by atoms with E-state index in [0.29, 0.717) is 25.3 Å². The van der Waals surface area contributed by atoms with Gasteiger partial charge in [-0.2, -0.15) is 0 Å². The van der Waals surface area contributed by atoms with Gasteiger partial charge in [-0.15, -0.1) is 0 Å². The SMILES string of the molecule is CC(C)(C)OC(=O)N1CCC[C@@H](NCc2ncccc2F)CC1. The number of nitrogens with one attached hydrogen (secondary N) is 1. The first-order chi connectivity index (χ1) is 10.8. The lowest BCUT2D eigenvalue weighted by Gasteiger charge is -2.26. The second kappa shape index (κ2) is 7.73. The Morgan fingerprint density at radius 1 is 1.43 bits per heavy atom. The Balaban J connectivity index is 1.82. The van der Waals surface area contributed by atoms with E-state index >= 15 is 0 Å². The number of likely N-dealkylation sites (tertiary alicyclic amines) is 1. The van der Waals surface area contributed by atoms with Crippen LogP contribution in [0.5, 0.6) is 0 Å². The molecule has 1 fully saturated rings. The van der Waals surface area contributed by atoms with Crippen molar-refractivity contribution in [3.05, 3.63) is 29.8 Å². The summed E-state index contributed by atoms with van der Waals surface area (Å²) >= 11 is 0. The lowest BCUT2D eigenvalue weighted by molar-refractivity contribution is 0.0256. The van der Waals surface area contributed by atoms with Crippen molar-refractivity contribution in [1.29, 1.82) is 0 Å². The summed E-state index contributed by atoms with van der Waals surface area (Å²) in [5, 5.41) is 3.35. The fourth-order valence-electron chi connectivity index (χ4n) is 2.60. The summed E-state index contributed by atoms with van der Waals surface area (Å²) in [5.74, 6) is -0.288. The average molecular weight is 323 g/mol. The zero-order chi connectivity index (χ0) is 16.9. The first-order valence-corrected chi connectivity index (χ1v) is 8.16. The average Bonchev–Trinajstić information content (AvgIpc) is 2.70. The first-order valence-electron chi connectivity index (χ1n) is 8.16. The third-order valence-electron chi connectivity index (χ3n) is 3.77. The van der Waals surface area contributed by atoms with Crippen LogP contribution in [0.1, 0.15) is 45.7 Å². The molecule has 1 aliphatic heterocycles. The van der Waals surface area contributed by atoms with Crippen LogP contribution in [0.2, 0.25) is 0 Å². The molecule has 0 radical (unpaired) electrons. The van der Waals surface area contributed by atoms with Gasteiger partial charge in [0.1, 0.15) is 11.4 Å². The molecule has 2 rings (SSSR count). The summed E-state index contributed by atoms with van der Waals surface area (Å²) in [7, 11) is 0. The number of rotatable bonds is 3. The van der Waals surface area contributed by atoms with Gasteiger partial charge in [-0.25, -0.2) is 9.18 Å². The Hall–Kier alpha value is -1.69. The first kappa shape index (κ1) is 17.7. The number of halogens is 1. The summed E-state index contributed by atoms with van der Waals surface area (Å²) < 4.78 is 19.0. The molecule has 0 aromatic carbocycles. The minimum absolute atomic E-state index is 0.254. The van der Waals surface area contributed by atoms with Gasteiger partial charge in [-0.3, -0.25) is 4.98 Å². The Bertz CT molecular complexity index is 531. The fraction of sp³-hybridized carbons (Fsp3) is 0.647. The molecule has 5 nitrogen and oxygen atoms in total. The molecule has 23 heavy (non-hydrogen) atoms. The lowest BCUT2D eigenvalue weighted by Crippen LogP contribution is -2.38. The molecule has 1 aromatic heterocycles. The Morgan fingerprint density at radius 3 is 2.91 bits per heavy atom. The van der Waals surface area contributed by atoms with Crippen LogP contribution in [0.15, 0.2) is 18.3 Å². The molecule has 2 heterocycles. The number of amides is 1. The van der Waals surface area contributed by atoms with Gasteiger partial charge in [0.15, 0.2) is 0 Å². The largest absolute Gasteiger partial charge is 0.444 e. The highest BCUT2D eigenvalue weighted by atomic mass is 19.1. The van der Waals surface area contributed by atoms with Crippen molar-refractivity contribution in [2.24, 2.45) is 0 Å². The van der Waals surface area contributed by atoms with Crippen molar-refractivity contribution in [3.63, 3.8) is 0 Å². The molecule has 0 spiro atoms. The van der Waals surface area contributed by atoms with Crippen LogP contribution in [0.4, 0.5) is 9.18 Å². The van der Waals surface area contributed by atoms with E-state index in [2.05, 4.69) is 10.3 Å². The van der Waals surface area contributed by atoms with Crippen LogP contribution in [0, 0.1) is 5.82 Å². The summed E-state index contributed by atoms with van der Waals surface area (Å²) in [6.45, 7) is 7.36. The zero-order valence-corrected chi connectivity index (χ0v) is 14.1. The third kappa shape index (κ3) is 5.78. The summed E-state index contributed by atoms with van der Waals surface area (Å²) in [6, 6.07) is 3.26. The predicted molar refractivity (Wildman–Crippen MR) is 86.5 cm³/mol. The quantitative estimate of drug-likeness (QED) is 0.929. The molecule has 1 amide bonds. The number of carbonyl (C=O) groups is 1. The zero-order valence-electron chi connectivity index (χ0n) is 14.1. The van der Waals surface area contributed by atoms with Gasteiger partial charge >= 0.3 is 6.09 Å². The number of aromatic nitrogens is 1. The van der Waals surface area contributed by atoms with E-state index in [-0.39, 0.29) is 18.0 Å². The summed E-state index contributed by atoms with van der Waals surface area (Å²) in [6.07, 6.45) is 4.02. The molecule has 6 heteroatoms. The van der Waals surface area contributed by atoms with Crippen LogP contribution >= 0.6 is 0 Å². The highest BCUT2D eigenvalue weighted by Gasteiger charge is 2.25. The molecule has 0 bridgehead atoms. The maximum Gasteiger partial charge on any atom is 0.410 e. The van der Waals surface area contributed by atoms with Crippen molar-refractivity contribution < 1.29 is 13.9 Å². The monoisotopic (exact) mass is 323 g/mol. The van der Waals surface area contributed by atoms with Crippen molar-refractivity contribution >= 4 is 6.09 Å². The molecule has 128 valence electrons. The molecular formula is C17H26FN3O2. The molecular weight excluding hydrogens is 297 g/mol. The maximum absolute atomic E-state index is 13.6. The predicted octanol–water partition coefficient (Wildman–Crippen LogP) is 3.10. The van der Waals surface area contributed by atoms with Gasteiger partial charge in [-0.1, -0.05) is 0 Å². The van der Waals surface area contributed by atoms with Crippen LogP contribution in [-0.4, -0.2) is 40.7 Å². The van der Waals surface area contributed by atoms with Crippen LogP contribution in [-0.2, 0) is 11.3 Å². The normalized spacial score (nSPS) is 19.3. The van der Waals surface area contributed by atoms with E-state index in [0.717, 1.165) is 19.3 Å². The summed E-state index contributed by atoms with van der Waals surface area (Å²) in [4.78, 5) is 17.9. The van der Waals surface area contributed by atoms with E-state index in [1.807, 2.05) is 20.8 Å². The van der Waals surface area contributed by atoms with E-state index < -0.39 is 5.60 Å². The lowest BCUT2D eigenvalue weighted by atomic mass is 10.1. The number of carbonyl (C=O) groups excluding carboxylic acids is 1. The smallest absolute Gasteiger partial charge is 0.410 e. The van der Waals surface area contributed by atoms with E-state index in [4.69, 9.17) is 4.74 Å². The highest BCUT2D eigenvalue weighted by Crippen LogP contribution is 2.16. The number of nitrogens with zero attached hydrogens (tertiary/aromatic N) is 2. The van der Waals surface area contributed by atoms with Crippen LogP contribution < -0.4 is 5.32 Å². The van der Waals surface area contributed by atoms with E-state index in [1.165, 1.54) is 6.07 Å². The van der Waals surface area contributed by atoms with E-state index in [1.54, 1.807) is 17.2 Å². The van der Waals surface area contributed by atoms with Gasteiger partial charge in [0, 0.05) is 31.9 Å². The minimum Gasteiger partial charge on any atom is -0.444 e. The van der Waals surface area contributed by atoms with Gasteiger partial charge < -0.3 is 15.0 Å². The fourth-order valence-corrected chi connectivity index (χ4v) is 2.60. The van der Waals surface area contributed by atoms with Crippen LogP contribution in [0.25, 0.3) is 0 Å². The number of hydrogen-bond donors (Lipinski definition) is 1. The van der Waals surface area contributed by atoms with Crippen molar-refractivity contribution in [2.75, 3.05) is 13.1 Å². The number of hydrogen-bond acceptors (Lipinski definition) is 4. The number of pyridine rings is 1. The minimum atomic E-state index is -0.475. The Morgan fingerprint density at radius 2 is 2.22 bits per heavy atom. The van der Waals surface area contributed by atoms with Crippen molar-refractivity contribution in [2.45, 2.75) is 58.2 Å². The molecule has 1 saturated heterocycles. The summed E-state index contributed by atoms with van der Waals surface area (Å²) in [5.41, 5.74) is -0.0434. The third-order valence-corrected chi connectivity index (χ3v) is 3.77. The Kier molecular flexibility index (Phi) is 5.93. The molecule has 0 aliphatic carbocycles. The molecule has 0 saturated carbocycles. The van der Waals surface area contributed by atoms with Crippen LogP contribution in [0.3, 0.4) is 0 Å². The number of ether oxygens (including phenoxy) is 1. The van der Waals surface area contributed by atoms with Gasteiger partial charge in [0.25, 0.3) is 0 Å². The van der Waals surface area contributed by atoms with Gasteiger partial charge in [0.2, 0.25) is 0 Å². The standard InChI is InChI=1S/C17H26FN3O2/c1-17(2,3)23-16(22)21-10-5-6-13(8-11-21)20-12-15-14(18)7-4-9-19-15/h4,7,9,13,20H,5-6,8,10-12H2,1-3H3/t13-/m1/s1. The second-order valence-electron chi connectivity index (χ2n) is 6.91. The highest BCUT2D eigenvalue weighted by molar-refractivity contribution is 5.68. The topological polar surface area (TPSA) is 54.5 Å². The van der Waals surface area contributed by atoms with Crippen molar-refractivity contribution in [1.82, 2.24) is 15.2 Å². The molecule has 1 N–H and O–H groups in total. The molecule has 0 unspecified atom stereocenters. The molecule has 1 aliphatic rings. The van der Waals surface area contributed by atoms with Gasteiger partial charge in [-0.05, 0) is 52.2 Å². The van der Waals surface area contributed by atoms with Crippen molar-refractivity contribution in [3.8, 4) is 0 Å². The van der Waals surface area contributed by atoms with E-state index in [9.17, 15) is 9.18 Å². The molecule has 1 atom stereocenters.